The minimum absolute atomic E-state index is 0.104. The zero-order valence-electron chi connectivity index (χ0n) is 8.54. The molecule has 0 bridgehead atoms. The molecule has 0 aromatic carbocycles. The number of carboxylic acids is 1. The first-order valence-corrected chi connectivity index (χ1v) is 4.70. The van der Waals surface area contributed by atoms with Crippen molar-refractivity contribution in [3.8, 4) is 5.75 Å². The van der Waals surface area contributed by atoms with E-state index in [2.05, 4.69) is 9.97 Å². The van der Waals surface area contributed by atoms with E-state index in [1.54, 1.807) is 12.1 Å². The van der Waals surface area contributed by atoms with Gasteiger partial charge in [0, 0.05) is 12.3 Å². The van der Waals surface area contributed by atoms with Crippen molar-refractivity contribution in [2.75, 3.05) is 0 Å². The number of aromatic nitrogens is 2. The van der Waals surface area contributed by atoms with Crippen molar-refractivity contribution in [3.05, 3.63) is 40.3 Å². The summed E-state index contributed by atoms with van der Waals surface area (Å²) in [6.07, 6.45) is 3.31. The zero-order chi connectivity index (χ0) is 12.4. The van der Waals surface area contributed by atoms with Gasteiger partial charge < -0.3 is 15.2 Å². The Hall–Kier alpha value is -2.63. The molecule has 17 heavy (non-hydrogen) atoms. The van der Waals surface area contributed by atoms with Crippen LogP contribution in [0.4, 0.5) is 0 Å². The molecule has 0 unspecified atom stereocenters. The Bertz CT molecular complexity index is 673. The van der Waals surface area contributed by atoms with E-state index < -0.39 is 11.5 Å². The number of hydrogen-bond donors (Lipinski definition) is 3. The molecule has 6 nitrogen and oxygen atoms in total. The van der Waals surface area contributed by atoms with E-state index in [1.807, 2.05) is 0 Å². The monoisotopic (exact) mass is 232 g/mol. The number of aliphatic carboxylic acids is 1. The van der Waals surface area contributed by atoms with Gasteiger partial charge in [-0.25, -0.2) is 9.78 Å². The number of carbonyl (C=O) groups is 1. The maximum atomic E-state index is 11.6. The van der Waals surface area contributed by atoms with E-state index in [4.69, 9.17) is 5.11 Å². The molecule has 6 heteroatoms. The first-order chi connectivity index (χ1) is 8.09. The summed E-state index contributed by atoms with van der Waals surface area (Å²) in [5.41, 5.74) is -0.443. The van der Waals surface area contributed by atoms with Crippen LogP contribution in [-0.2, 0) is 4.79 Å². The minimum atomic E-state index is -1.20. The molecule has 0 aliphatic heterocycles. The molecule has 86 valence electrons. The van der Waals surface area contributed by atoms with Crippen molar-refractivity contribution in [1.29, 1.82) is 0 Å². The fourth-order valence-electron chi connectivity index (χ4n) is 1.43. The Morgan fingerprint density at radius 1 is 1.47 bits per heavy atom. The SMILES string of the molecule is O=C(O)/C=C/c1c(O)c2cccnc2[nH]c1=O. The van der Waals surface area contributed by atoms with Crippen LogP contribution in [0, 0.1) is 0 Å². The Labute approximate surface area is 94.9 Å². The number of hydrogen-bond acceptors (Lipinski definition) is 4. The van der Waals surface area contributed by atoms with Crippen molar-refractivity contribution in [1.82, 2.24) is 9.97 Å². The summed E-state index contributed by atoms with van der Waals surface area (Å²) in [4.78, 5) is 28.3. The first kappa shape index (κ1) is 10.9. The number of aromatic amines is 1. The summed E-state index contributed by atoms with van der Waals surface area (Å²) in [5.74, 6) is -1.48. The van der Waals surface area contributed by atoms with Gasteiger partial charge in [-0.15, -0.1) is 0 Å². The highest BCUT2D eigenvalue weighted by molar-refractivity contribution is 5.89. The number of carboxylic acid groups (broad SMARTS) is 1. The molecule has 2 heterocycles. The van der Waals surface area contributed by atoms with Gasteiger partial charge in [0.05, 0.1) is 10.9 Å². The maximum Gasteiger partial charge on any atom is 0.328 e. The molecule has 2 aromatic rings. The average Bonchev–Trinajstić information content (AvgIpc) is 2.28. The van der Waals surface area contributed by atoms with Gasteiger partial charge in [-0.1, -0.05) is 0 Å². The van der Waals surface area contributed by atoms with Crippen LogP contribution in [0.1, 0.15) is 5.56 Å². The lowest BCUT2D eigenvalue weighted by atomic mass is 10.1. The fraction of sp³-hybridized carbons (Fsp3) is 0. The Morgan fingerprint density at radius 3 is 2.94 bits per heavy atom. The second-order valence-corrected chi connectivity index (χ2v) is 3.29. The van der Waals surface area contributed by atoms with Crippen LogP contribution in [0.15, 0.2) is 29.2 Å². The summed E-state index contributed by atoms with van der Waals surface area (Å²) in [6.45, 7) is 0. The van der Waals surface area contributed by atoms with Gasteiger partial charge in [0.25, 0.3) is 5.56 Å². The van der Waals surface area contributed by atoms with Gasteiger partial charge in [-0.3, -0.25) is 4.79 Å². The second kappa shape index (κ2) is 4.09. The third-order valence-corrected chi connectivity index (χ3v) is 2.19. The lowest BCUT2D eigenvalue weighted by Gasteiger charge is -2.02. The predicted molar refractivity (Wildman–Crippen MR) is 60.7 cm³/mol. The quantitative estimate of drug-likeness (QED) is 0.662. The van der Waals surface area contributed by atoms with Crippen molar-refractivity contribution in [3.63, 3.8) is 0 Å². The number of fused-ring (bicyclic) bond motifs is 1. The number of aromatic hydroxyl groups is 1. The van der Waals surface area contributed by atoms with E-state index in [0.29, 0.717) is 5.39 Å². The van der Waals surface area contributed by atoms with Crippen LogP contribution < -0.4 is 5.56 Å². The highest BCUT2D eigenvalue weighted by Gasteiger charge is 2.09. The highest BCUT2D eigenvalue weighted by atomic mass is 16.4. The number of H-pyrrole nitrogens is 1. The molecule has 2 aromatic heterocycles. The van der Waals surface area contributed by atoms with E-state index >= 15 is 0 Å². The maximum absolute atomic E-state index is 11.6. The molecule has 0 spiro atoms. The summed E-state index contributed by atoms with van der Waals surface area (Å²) in [6, 6.07) is 3.18. The topological polar surface area (TPSA) is 103 Å². The van der Waals surface area contributed by atoms with Crippen LogP contribution in [0.2, 0.25) is 0 Å². The van der Waals surface area contributed by atoms with Crippen LogP contribution in [0.3, 0.4) is 0 Å². The second-order valence-electron chi connectivity index (χ2n) is 3.29. The molecule has 0 aliphatic carbocycles. The normalized spacial score (nSPS) is 11.1. The first-order valence-electron chi connectivity index (χ1n) is 4.70. The number of nitrogens with one attached hydrogen (secondary N) is 1. The average molecular weight is 232 g/mol. The largest absolute Gasteiger partial charge is 0.506 e. The third-order valence-electron chi connectivity index (χ3n) is 2.19. The molecular formula is C11H8N2O4. The molecule has 0 radical (unpaired) electrons. The molecule has 0 atom stereocenters. The van der Waals surface area contributed by atoms with Crippen molar-refractivity contribution in [2.24, 2.45) is 0 Å². The van der Waals surface area contributed by atoms with Crippen molar-refractivity contribution >= 4 is 23.1 Å². The Morgan fingerprint density at radius 2 is 2.24 bits per heavy atom. The molecule has 3 N–H and O–H groups in total. The van der Waals surface area contributed by atoms with E-state index in [9.17, 15) is 14.7 Å². The predicted octanol–water partition coefficient (Wildman–Crippen LogP) is 0.727. The van der Waals surface area contributed by atoms with Crippen LogP contribution in [-0.4, -0.2) is 26.2 Å². The smallest absolute Gasteiger partial charge is 0.328 e. The molecule has 2 rings (SSSR count). The zero-order valence-corrected chi connectivity index (χ0v) is 8.54. The number of rotatable bonds is 2. The molecule has 0 fully saturated rings. The highest BCUT2D eigenvalue weighted by Crippen LogP contribution is 2.23. The fourth-order valence-corrected chi connectivity index (χ4v) is 1.43. The molecule has 0 aliphatic rings. The van der Waals surface area contributed by atoms with Gasteiger partial charge in [0.1, 0.15) is 11.4 Å². The Balaban J connectivity index is 2.72. The molecular weight excluding hydrogens is 224 g/mol. The van der Waals surface area contributed by atoms with Gasteiger partial charge in [-0.05, 0) is 18.2 Å². The third kappa shape index (κ3) is 2.00. The molecule has 0 saturated heterocycles. The lowest BCUT2D eigenvalue weighted by molar-refractivity contribution is -0.131. The number of pyridine rings is 2. The summed E-state index contributed by atoms with van der Waals surface area (Å²) >= 11 is 0. The summed E-state index contributed by atoms with van der Waals surface area (Å²) in [7, 11) is 0. The summed E-state index contributed by atoms with van der Waals surface area (Å²) in [5, 5.41) is 18.7. The van der Waals surface area contributed by atoms with E-state index in [0.717, 1.165) is 12.2 Å². The Kier molecular flexibility index (Phi) is 2.61. The van der Waals surface area contributed by atoms with Crippen LogP contribution in [0.25, 0.3) is 17.1 Å². The van der Waals surface area contributed by atoms with Crippen LogP contribution in [0.5, 0.6) is 5.75 Å². The van der Waals surface area contributed by atoms with Crippen molar-refractivity contribution in [2.45, 2.75) is 0 Å². The molecule has 0 amide bonds. The van der Waals surface area contributed by atoms with E-state index in [1.165, 1.54) is 6.20 Å². The van der Waals surface area contributed by atoms with Crippen molar-refractivity contribution < 1.29 is 15.0 Å². The van der Waals surface area contributed by atoms with Crippen LogP contribution >= 0.6 is 0 Å². The standard InChI is InChI=1S/C11H8N2O4/c14-8(15)4-3-7-9(16)6-2-1-5-12-10(6)13-11(7)17/h1-5H,(H,14,15)(H2,12,13,16,17)/b4-3+. The summed E-state index contributed by atoms with van der Waals surface area (Å²) < 4.78 is 0. The molecule has 0 saturated carbocycles. The number of nitrogens with zero attached hydrogens (tertiary/aromatic N) is 1. The minimum Gasteiger partial charge on any atom is -0.506 e. The lowest BCUT2D eigenvalue weighted by Crippen LogP contribution is -2.10. The van der Waals surface area contributed by atoms with E-state index in [-0.39, 0.29) is 17.0 Å². The van der Waals surface area contributed by atoms with Gasteiger partial charge >= 0.3 is 5.97 Å². The van der Waals surface area contributed by atoms with Gasteiger partial charge in [0.2, 0.25) is 0 Å². The van der Waals surface area contributed by atoms with Gasteiger partial charge in [-0.2, -0.15) is 0 Å². The van der Waals surface area contributed by atoms with Gasteiger partial charge in [0.15, 0.2) is 0 Å².